The van der Waals surface area contributed by atoms with Gasteiger partial charge in [0.05, 0.1) is 43.7 Å². The van der Waals surface area contributed by atoms with E-state index in [9.17, 15) is 4.79 Å². The van der Waals surface area contributed by atoms with E-state index >= 15 is 0 Å². The monoisotopic (exact) mass is 451 g/mol. The average Bonchev–Trinajstić information content (AvgIpc) is 2.66. The van der Waals surface area contributed by atoms with Crippen LogP contribution in [0.3, 0.4) is 0 Å². The third kappa shape index (κ3) is 9.21. The Balaban J connectivity index is 0.00000129. The fourth-order valence-corrected chi connectivity index (χ4v) is 2.88. The summed E-state index contributed by atoms with van der Waals surface area (Å²) in [6.45, 7) is 4.46. The molecule has 11 heteroatoms. The van der Waals surface area contributed by atoms with E-state index in [-0.39, 0.29) is 21.5 Å². The molecule has 0 amide bonds. The van der Waals surface area contributed by atoms with Gasteiger partial charge in [-0.2, -0.15) is 0 Å². The highest BCUT2D eigenvalue weighted by Gasteiger charge is 2.23. The van der Waals surface area contributed by atoms with Gasteiger partial charge in [0.1, 0.15) is 5.75 Å². The van der Waals surface area contributed by atoms with Gasteiger partial charge in [-0.1, -0.05) is 26.0 Å². The molecular weight excluding hydrogens is 429 g/mol. The van der Waals surface area contributed by atoms with Crippen LogP contribution in [-0.2, 0) is 27.2 Å². The van der Waals surface area contributed by atoms with Gasteiger partial charge in [-0.05, 0) is 23.6 Å². The second-order valence-electron chi connectivity index (χ2n) is 5.56. The Morgan fingerprint density at radius 1 is 1.11 bits per heavy atom. The van der Waals surface area contributed by atoms with E-state index in [1.54, 1.807) is 13.2 Å². The first-order chi connectivity index (χ1) is 13.4. The summed E-state index contributed by atoms with van der Waals surface area (Å²) in [7, 11) is 13.3. The van der Waals surface area contributed by atoms with Crippen molar-refractivity contribution in [1.82, 2.24) is 0 Å². The maximum absolute atomic E-state index is 12.3. The summed E-state index contributed by atoms with van der Waals surface area (Å²) in [5.74, 6) is 0.701. The van der Waals surface area contributed by atoms with Crippen LogP contribution in [0.2, 0.25) is 0 Å². The van der Waals surface area contributed by atoms with Crippen molar-refractivity contribution < 1.29 is 32.0 Å². The molecule has 1 rings (SSSR count). The van der Waals surface area contributed by atoms with E-state index in [1.807, 2.05) is 12.1 Å². The molecule has 28 heavy (non-hydrogen) atoms. The number of esters is 1. The van der Waals surface area contributed by atoms with Gasteiger partial charge in [0.25, 0.3) is 0 Å². The maximum atomic E-state index is 12.3. The second-order valence-corrected chi connectivity index (χ2v) is 7.90. The standard InChI is InChI=1S/C17H23O5Si.O2Si3/c1-11(2)9-10-22-17(18)16(21-5)15(20-4)12-7-6-8-13(23)14(12)19-3;3-1-5-2-4/h6-8,11H,9-10H2,1-5H3;. The summed E-state index contributed by atoms with van der Waals surface area (Å²) in [5.41, 5.74) is 0.597. The molecule has 0 spiro atoms. The summed E-state index contributed by atoms with van der Waals surface area (Å²) >= 11 is 0. The summed E-state index contributed by atoms with van der Waals surface area (Å²) in [6.07, 6.45) is 0.783. The van der Waals surface area contributed by atoms with Crippen molar-refractivity contribution in [2.24, 2.45) is 5.92 Å². The van der Waals surface area contributed by atoms with Crippen molar-refractivity contribution >= 4 is 58.1 Å². The maximum Gasteiger partial charge on any atom is 0.409 e. The SMILES string of the molecule is COC(C(=O)OCCC(C)C)=C(OC)c1cccc([Si])c1OC.[Si]O[Si]O[Si]. The Hall–Kier alpha value is -1.38. The number of carbonyl (C=O) groups is 1. The van der Waals surface area contributed by atoms with E-state index in [2.05, 4.69) is 53.3 Å². The average molecular weight is 452 g/mol. The van der Waals surface area contributed by atoms with Crippen LogP contribution in [0.5, 0.6) is 5.75 Å². The molecule has 11 radical (unpaired) electrons. The molecule has 0 saturated heterocycles. The fourth-order valence-electron chi connectivity index (χ4n) is 2.00. The lowest BCUT2D eigenvalue weighted by Gasteiger charge is -2.16. The van der Waals surface area contributed by atoms with Gasteiger partial charge in [0, 0.05) is 0 Å². The summed E-state index contributed by atoms with van der Waals surface area (Å²) < 4.78 is 29.8. The van der Waals surface area contributed by atoms with Crippen LogP contribution in [0.4, 0.5) is 0 Å². The Labute approximate surface area is 179 Å². The van der Waals surface area contributed by atoms with Gasteiger partial charge < -0.3 is 27.2 Å². The van der Waals surface area contributed by atoms with Gasteiger partial charge in [-0.3, -0.25) is 0 Å². The molecule has 0 fully saturated rings. The Morgan fingerprint density at radius 2 is 1.75 bits per heavy atom. The van der Waals surface area contributed by atoms with Gasteiger partial charge >= 0.3 is 16.0 Å². The van der Waals surface area contributed by atoms with Crippen LogP contribution in [-0.4, -0.2) is 75.1 Å². The lowest BCUT2D eigenvalue weighted by molar-refractivity contribution is -0.142. The lowest BCUT2D eigenvalue weighted by atomic mass is 10.1. The van der Waals surface area contributed by atoms with E-state index < -0.39 is 5.97 Å². The highest BCUT2D eigenvalue weighted by atomic mass is 28.3. The minimum atomic E-state index is -0.564. The molecule has 7 nitrogen and oxygen atoms in total. The number of para-hydroxylation sites is 1. The van der Waals surface area contributed by atoms with Gasteiger partial charge in [-0.25, -0.2) is 4.79 Å². The highest BCUT2D eigenvalue weighted by molar-refractivity contribution is 6.34. The first kappa shape index (κ1) is 26.6. The summed E-state index contributed by atoms with van der Waals surface area (Å²) in [5, 5.41) is 0.739. The van der Waals surface area contributed by atoms with E-state index in [1.165, 1.54) is 14.2 Å². The van der Waals surface area contributed by atoms with Crippen molar-refractivity contribution in [2.45, 2.75) is 20.3 Å². The molecule has 0 aliphatic rings. The molecule has 0 aromatic heterocycles. The first-order valence-corrected chi connectivity index (χ1v) is 10.3. The number of methoxy groups -OCH3 is 3. The molecule has 149 valence electrons. The van der Waals surface area contributed by atoms with Crippen LogP contribution in [0.25, 0.3) is 5.76 Å². The predicted octanol–water partition coefficient (Wildman–Crippen LogP) is 0.760. The summed E-state index contributed by atoms with van der Waals surface area (Å²) in [4.78, 5) is 12.3. The van der Waals surface area contributed by atoms with E-state index in [4.69, 9.17) is 18.9 Å². The fraction of sp³-hybridized carbons (Fsp3) is 0.471. The predicted molar refractivity (Wildman–Crippen MR) is 109 cm³/mol. The molecule has 1 aromatic carbocycles. The topological polar surface area (TPSA) is 72.5 Å². The molecule has 0 heterocycles. The number of carbonyl (C=O) groups excluding carboxylic acids is 1. The number of hydrogen-bond donors (Lipinski definition) is 0. The molecule has 0 bridgehead atoms. The first-order valence-electron chi connectivity index (χ1n) is 8.16. The third-order valence-electron chi connectivity index (χ3n) is 3.28. The van der Waals surface area contributed by atoms with Gasteiger partial charge in [0.15, 0.2) is 5.76 Å². The number of rotatable bonds is 10. The normalized spacial score (nSPS) is 11.2. The molecule has 1 aromatic rings. The van der Waals surface area contributed by atoms with Crippen LogP contribution >= 0.6 is 0 Å². The second kappa shape index (κ2) is 15.5. The molecule has 0 atom stereocenters. The Bertz CT molecular complexity index is 622. The van der Waals surface area contributed by atoms with Crippen molar-refractivity contribution in [1.29, 1.82) is 0 Å². The quantitative estimate of drug-likeness (QED) is 0.225. The molecule has 0 aliphatic heterocycles. The van der Waals surface area contributed by atoms with Crippen LogP contribution in [0, 0.1) is 5.92 Å². The van der Waals surface area contributed by atoms with Crippen LogP contribution < -0.4 is 9.92 Å². The van der Waals surface area contributed by atoms with E-state index in [0.29, 0.717) is 23.8 Å². The van der Waals surface area contributed by atoms with Crippen LogP contribution in [0.1, 0.15) is 25.8 Å². The minimum absolute atomic E-state index is 0.00632. The minimum Gasteiger partial charge on any atom is -0.496 e. The number of benzene rings is 1. The van der Waals surface area contributed by atoms with Gasteiger partial charge in [0.2, 0.25) is 26.7 Å². The number of hydrogen-bond acceptors (Lipinski definition) is 7. The van der Waals surface area contributed by atoms with Crippen molar-refractivity contribution in [3.8, 4) is 5.75 Å². The molecule has 0 unspecified atom stereocenters. The lowest BCUT2D eigenvalue weighted by Crippen LogP contribution is -2.16. The highest BCUT2D eigenvalue weighted by Crippen LogP contribution is 2.28. The van der Waals surface area contributed by atoms with Crippen molar-refractivity contribution in [2.75, 3.05) is 27.9 Å². The van der Waals surface area contributed by atoms with Gasteiger partial charge in [-0.15, -0.1) is 0 Å². The largest absolute Gasteiger partial charge is 0.496 e. The summed E-state index contributed by atoms with van der Waals surface area (Å²) in [6, 6.07) is 5.43. The van der Waals surface area contributed by atoms with Crippen LogP contribution in [0.15, 0.2) is 24.0 Å². The van der Waals surface area contributed by atoms with Crippen molar-refractivity contribution in [3.63, 3.8) is 0 Å². The zero-order valence-electron chi connectivity index (χ0n) is 16.6. The molecule has 0 N–H and O–H groups in total. The molecule has 0 saturated carbocycles. The zero-order chi connectivity index (χ0) is 21.5. The number of ether oxygens (including phenoxy) is 4. The Morgan fingerprint density at radius 3 is 2.18 bits per heavy atom. The Kier molecular flexibility index (Phi) is 14.8. The molecular formula is C17H23O7Si4. The molecule has 0 aliphatic carbocycles. The smallest absolute Gasteiger partial charge is 0.409 e. The third-order valence-corrected chi connectivity index (χ3v) is 4.34. The van der Waals surface area contributed by atoms with E-state index in [0.717, 1.165) is 11.6 Å². The zero-order valence-corrected chi connectivity index (χ0v) is 20.6. The van der Waals surface area contributed by atoms with Crippen molar-refractivity contribution in [3.05, 3.63) is 29.5 Å².